The van der Waals surface area contributed by atoms with E-state index in [9.17, 15) is 14.7 Å². The zero-order chi connectivity index (χ0) is 17.8. The standard InChI is InChI=1S/C19H24N2O4/c1-2-11-20-12-5-3-6-14(22)18(12)16(24)10-9-13-19-15(23)7-4-8-17(19)25-21-13/h24H,2-11H2,1H3/b18-16-,20-12?. The van der Waals surface area contributed by atoms with Crippen LogP contribution in [0.2, 0.25) is 0 Å². The van der Waals surface area contributed by atoms with Crippen molar-refractivity contribution in [1.29, 1.82) is 0 Å². The van der Waals surface area contributed by atoms with Crippen LogP contribution in [0.3, 0.4) is 0 Å². The Kier molecular flexibility index (Phi) is 5.46. The number of carbonyl (C=O) groups is 2. The summed E-state index contributed by atoms with van der Waals surface area (Å²) in [7, 11) is 0. The number of aliphatic hydroxyl groups excluding tert-OH is 1. The first-order valence-corrected chi connectivity index (χ1v) is 9.11. The highest BCUT2D eigenvalue weighted by Gasteiger charge is 2.28. The monoisotopic (exact) mass is 344 g/mol. The second-order valence-corrected chi connectivity index (χ2v) is 6.63. The van der Waals surface area contributed by atoms with E-state index in [1.54, 1.807) is 0 Å². The molecular formula is C19H24N2O4. The lowest BCUT2D eigenvalue weighted by molar-refractivity contribution is -0.115. The first-order valence-electron chi connectivity index (χ1n) is 9.11. The summed E-state index contributed by atoms with van der Waals surface area (Å²) < 4.78 is 5.27. The predicted octanol–water partition coefficient (Wildman–Crippen LogP) is 3.54. The van der Waals surface area contributed by atoms with Crippen molar-refractivity contribution in [2.24, 2.45) is 4.99 Å². The molecule has 0 atom stereocenters. The van der Waals surface area contributed by atoms with Crippen molar-refractivity contribution >= 4 is 17.3 Å². The van der Waals surface area contributed by atoms with E-state index in [1.807, 2.05) is 6.92 Å². The minimum atomic E-state index is -0.0446. The van der Waals surface area contributed by atoms with Crippen LogP contribution < -0.4 is 0 Å². The number of ketones is 2. The van der Waals surface area contributed by atoms with E-state index in [2.05, 4.69) is 10.1 Å². The van der Waals surface area contributed by atoms with Gasteiger partial charge in [0.25, 0.3) is 0 Å². The molecule has 0 amide bonds. The fourth-order valence-electron chi connectivity index (χ4n) is 3.48. The fourth-order valence-corrected chi connectivity index (χ4v) is 3.48. The third-order valence-corrected chi connectivity index (χ3v) is 4.72. The number of carbonyl (C=O) groups excluding carboxylic acids is 2. The molecule has 0 unspecified atom stereocenters. The van der Waals surface area contributed by atoms with Gasteiger partial charge in [-0.25, -0.2) is 0 Å². The van der Waals surface area contributed by atoms with Crippen LogP contribution in [0.5, 0.6) is 0 Å². The van der Waals surface area contributed by atoms with E-state index in [1.165, 1.54) is 0 Å². The molecule has 134 valence electrons. The molecule has 2 aliphatic carbocycles. The lowest BCUT2D eigenvalue weighted by Gasteiger charge is -2.18. The van der Waals surface area contributed by atoms with E-state index in [-0.39, 0.29) is 23.7 Å². The van der Waals surface area contributed by atoms with Crippen LogP contribution >= 0.6 is 0 Å². The summed E-state index contributed by atoms with van der Waals surface area (Å²) in [5, 5.41) is 14.5. The molecule has 1 aromatic rings. The third-order valence-electron chi connectivity index (χ3n) is 4.72. The van der Waals surface area contributed by atoms with Gasteiger partial charge in [-0.05, 0) is 25.7 Å². The molecule has 1 saturated carbocycles. The summed E-state index contributed by atoms with van der Waals surface area (Å²) in [6, 6.07) is 0. The normalized spacial score (nSPS) is 21.6. The molecule has 25 heavy (non-hydrogen) atoms. The topological polar surface area (TPSA) is 92.8 Å². The molecule has 6 heteroatoms. The van der Waals surface area contributed by atoms with E-state index in [0.717, 1.165) is 32.1 Å². The van der Waals surface area contributed by atoms with Crippen molar-refractivity contribution in [3.05, 3.63) is 28.3 Å². The number of hydrogen-bond donors (Lipinski definition) is 1. The molecule has 0 aromatic carbocycles. The number of aliphatic hydroxyl groups is 1. The summed E-state index contributed by atoms with van der Waals surface area (Å²) >= 11 is 0. The van der Waals surface area contributed by atoms with Gasteiger partial charge in [-0.3, -0.25) is 14.6 Å². The van der Waals surface area contributed by atoms with Crippen LogP contribution in [0, 0.1) is 0 Å². The second-order valence-electron chi connectivity index (χ2n) is 6.63. The number of rotatable bonds is 5. The van der Waals surface area contributed by atoms with E-state index >= 15 is 0 Å². The van der Waals surface area contributed by atoms with Crippen LogP contribution in [0.1, 0.15) is 73.7 Å². The molecule has 1 aromatic heterocycles. The predicted molar refractivity (Wildman–Crippen MR) is 93.2 cm³/mol. The summed E-state index contributed by atoms with van der Waals surface area (Å²) in [6.45, 7) is 2.69. The molecule has 0 spiro atoms. The molecule has 0 bridgehead atoms. The second kappa shape index (κ2) is 7.76. The largest absolute Gasteiger partial charge is 0.511 e. The average molecular weight is 344 g/mol. The van der Waals surface area contributed by atoms with Gasteiger partial charge in [-0.1, -0.05) is 12.1 Å². The highest BCUT2D eigenvalue weighted by molar-refractivity contribution is 6.24. The molecule has 1 heterocycles. The maximum atomic E-state index is 12.3. The lowest BCUT2D eigenvalue weighted by atomic mass is 9.89. The Morgan fingerprint density at radius 3 is 2.72 bits per heavy atom. The molecule has 0 saturated heterocycles. The zero-order valence-electron chi connectivity index (χ0n) is 14.6. The van der Waals surface area contributed by atoms with Gasteiger partial charge in [-0.15, -0.1) is 0 Å². The smallest absolute Gasteiger partial charge is 0.168 e. The van der Waals surface area contributed by atoms with Gasteiger partial charge in [0.2, 0.25) is 0 Å². The van der Waals surface area contributed by atoms with Crippen LogP contribution in [0.15, 0.2) is 20.8 Å². The van der Waals surface area contributed by atoms with E-state index in [4.69, 9.17) is 4.52 Å². The molecule has 1 N–H and O–H groups in total. The van der Waals surface area contributed by atoms with Gasteiger partial charge in [0.1, 0.15) is 11.5 Å². The number of aliphatic imine (C=N–C) groups is 1. The van der Waals surface area contributed by atoms with Crippen LogP contribution in [-0.4, -0.2) is 34.1 Å². The van der Waals surface area contributed by atoms with Crippen LogP contribution in [-0.2, 0) is 17.6 Å². The molecule has 3 rings (SSSR count). The maximum absolute atomic E-state index is 12.3. The van der Waals surface area contributed by atoms with Crippen LogP contribution in [0.4, 0.5) is 0 Å². The summed E-state index contributed by atoms with van der Waals surface area (Å²) in [5.41, 5.74) is 2.26. The first-order chi connectivity index (χ1) is 12.1. The highest BCUT2D eigenvalue weighted by Crippen LogP contribution is 2.27. The number of aryl methyl sites for hydroxylation is 2. The van der Waals surface area contributed by atoms with Gasteiger partial charge in [0, 0.05) is 44.4 Å². The van der Waals surface area contributed by atoms with Gasteiger partial charge < -0.3 is 9.63 Å². The van der Waals surface area contributed by atoms with Gasteiger partial charge in [0.05, 0.1) is 16.8 Å². The average Bonchev–Trinajstić information content (AvgIpc) is 3.02. The number of nitrogens with zero attached hydrogens (tertiary/aromatic N) is 2. The van der Waals surface area contributed by atoms with E-state index < -0.39 is 0 Å². The Balaban J connectivity index is 1.79. The quantitative estimate of drug-likeness (QED) is 0.651. The third kappa shape index (κ3) is 3.72. The summed E-state index contributed by atoms with van der Waals surface area (Å²) in [5.74, 6) is 0.720. The summed E-state index contributed by atoms with van der Waals surface area (Å²) in [4.78, 5) is 28.8. The Morgan fingerprint density at radius 1 is 1.16 bits per heavy atom. The molecule has 2 aliphatic rings. The number of allylic oxidation sites excluding steroid dienone is 2. The number of Topliss-reactive ketones (excluding diaryl/α,β-unsaturated/α-hetero) is 2. The van der Waals surface area contributed by atoms with Gasteiger partial charge in [0.15, 0.2) is 11.6 Å². The minimum absolute atomic E-state index is 0.0446. The van der Waals surface area contributed by atoms with Crippen molar-refractivity contribution in [1.82, 2.24) is 5.16 Å². The maximum Gasteiger partial charge on any atom is 0.168 e. The summed E-state index contributed by atoms with van der Waals surface area (Å²) in [6.07, 6.45) is 5.54. The Morgan fingerprint density at radius 2 is 1.92 bits per heavy atom. The Bertz CT molecular complexity index is 743. The van der Waals surface area contributed by atoms with Gasteiger partial charge >= 0.3 is 0 Å². The number of fused-ring (bicyclic) bond motifs is 1. The van der Waals surface area contributed by atoms with Crippen molar-refractivity contribution in [2.75, 3.05) is 6.54 Å². The molecule has 6 nitrogen and oxygen atoms in total. The van der Waals surface area contributed by atoms with Crippen molar-refractivity contribution in [2.45, 2.75) is 64.7 Å². The first kappa shape index (κ1) is 17.6. The molecule has 0 radical (unpaired) electrons. The molecule has 0 aliphatic heterocycles. The van der Waals surface area contributed by atoms with Crippen molar-refractivity contribution in [3.8, 4) is 0 Å². The number of aromatic nitrogens is 1. The van der Waals surface area contributed by atoms with Gasteiger partial charge in [-0.2, -0.15) is 0 Å². The lowest BCUT2D eigenvalue weighted by Crippen LogP contribution is -2.22. The van der Waals surface area contributed by atoms with Crippen molar-refractivity contribution in [3.63, 3.8) is 0 Å². The Labute approximate surface area is 147 Å². The SMILES string of the molecule is CCCN=C1CCCC(=O)/C1=C(\O)CCc1noc2c1C(=O)CCC2. The van der Waals surface area contributed by atoms with E-state index in [0.29, 0.717) is 54.1 Å². The number of hydrogen-bond acceptors (Lipinski definition) is 6. The Hall–Kier alpha value is -2.24. The molecule has 1 fully saturated rings. The highest BCUT2D eigenvalue weighted by atomic mass is 16.5. The van der Waals surface area contributed by atoms with Crippen LogP contribution in [0.25, 0.3) is 0 Å². The fraction of sp³-hybridized carbons (Fsp3) is 0.579. The van der Waals surface area contributed by atoms with Crippen molar-refractivity contribution < 1.29 is 19.2 Å². The minimum Gasteiger partial charge on any atom is -0.511 e. The zero-order valence-corrected chi connectivity index (χ0v) is 14.6. The molecular weight excluding hydrogens is 320 g/mol.